The largest absolute Gasteiger partial charge is 0.208 e. The molecule has 11 rings (SSSR count). The van der Waals surface area contributed by atoms with E-state index < -0.39 is 0 Å². The molecule has 312 valence electrons. The van der Waals surface area contributed by atoms with Gasteiger partial charge in [0.05, 0.1) is 0 Å². The molecule has 1 aliphatic carbocycles. The number of hydrogen-bond donors (Lipinski definition) is 0. The molecule has 2 heterocycles. The molecule has 0 amide bonds. The van der Waals surface area contributed by atoms with E-state index in [1.54, 1.807) is 0 Å². The minimum absolute atomic E-state index is 0.609. The molecule has 6 heteroatoms. The minimum Gasteiger partial charge on any atom is -0.208 e. The van der Waals surface area contributed by atoms with Crippen LogP contribution in [0.4, 0.5) is 0 Å². The molecule has 0 N–H and O–H groups in total. The highest BCUT2D eigenvalue weighted by molar-refractivity contribution is 5.80. The van der Waals surface area contributed by atoms with Gasteiger partial charge in [-0.3, -0.25) is 0 Å². The summed E-state index contributed by atoms with van der Waals surface area (Å²) < 4.78 is 0. The fourth-order valence-electron chi connectivity index (χ4n) is 8.42. The molecule has 0 bridgehead atoms. The highest BCUT2D eigenvalue weighted by Gasteiger charge is 2.17. The number of hydrogen-bond acceptors (Lipinski definition) is 6. The Kier molecular flexibility index (Phi) is 11.0. The van der Waals surface area contributed by atoms with E-state index in [0.29, 0.717) is 34.9 Å². The third-order valence-corrected chi connectivity index (χ3v) is 11.8. The Bertz CT molecular complexity index is 3360. The van der Waals surface area contributed by atoms with E-state index in [1.807, 2.05) is 66.7 Å². The maximum Gasteiger partial charge on any atom is 0.164 e. The van der Waals surface area contributed by atoms with Crippen molar-refractivity contribution in [2.45, 2.75) is 12.8 Å². The van der Waals surface area contributed by atoms with Crippen molar-refractivity contribution < 1.29 is 0 Å². The smallest absolute Gasteiger partial charge is 0.164 e. The van der Waals surface area contributed by atoms with Gasteiger partial charge in [-0.2, -0.15) is 0 Å². The number of rotatable bonds is 10. The van der Waals surface area contributed by atoms with Crippen molar-refractivity contribution in [3.05, 3.63) is 236 Å². The zero-order valence-electron chi connectivity index (χ0n) is 36.0. The summed E-state index contributed by atoms with van der Waals surface area (Å²) >= 11 is 0. The maximum absolute atomic E-state index is 5.18. The zero-order chi connectivity index (χ0) is 44.1. The van der Waals surface area contributed by atoms with E-state index in [4.69, 9.17) is 29.9 Å². The SMILES string of the molecule is C1=CCCC(c2cccc(-c3nc(-c4cccc(-c5ccccc5)c4)nc(-c4cccc(-c5cccc(-c6cccc(-c7nc(-c8ccccc8)nc(-c8ccccc8)n7)c6)c5)c4)n3)c2)=C1. The van der Waals surface area contributed by atoms with Crippen molar-refractivity contribution in [3.63, 3.8) is 0 Å². The summed E-state index contributed by atoms with van der Waals surface area (Å²) in [7, 11) is 0. The van der Waals surface area contributed by atoms with Crippen LogP contribution in [0.2, 0.25) is 0 Å². The summed E-state index contributed by atoms with van der Waals surface area (Å²) in [5.74, 6) is 3.74. The predicted octanol–water partition coefficient (Wildman–Crippen LogP) is 14.8. The Labute approximate surface area is 384 Å². The number of allylic oxidation sites excluding steroid dienone is 4. The van der Waals surface area contributed by atoms with Gasteiger partial charge in [-0.1, -0.05) is 200 Å². The van der Waals surface area contributed by atoms with Gasteiger partial charge in [0.15, 0.2) is 34.9 Å². The van der Waals surface area contributed by atoms with Gasteiger partial charge in [-0.05, 0) is 87.7 Å². The molecule has 0 radical (unpaired) electrons. The molecule has 10 aromatic rings. The summed E-state index contributed by atoms with van der Waals surface area (Å²) in [6.45, 7) is 0. The van der Waals surface area contributed by atoms with Gasteiger partial charge in [-0.25, -0.2) is 29.9 Å². The summed E-state index contributed by atoms with van der Waals surface area (Å²) in [4.78, 5) is 30.4. The van der Waals surface area contributed by atoms with Crippen molar-refractivity contribution in [1.82, 2.24) is 29.9 Å². The fraction of sp³-hybridized carbons (Fsp3) is 0.0333. The van der Waals surface area contributed by atoms with Gasteiger partial charge < -0.3 is 0 Å². The van der Waals surface area contributed by atoms with Crippen LogP contribution in [0, 0.1) is 0 Å². The quantitative estimate of drug-likeness (QED) is 0.136. The van der Waals surface area contributed by atoms with Gasteiger partial charge >= 0.3 is 0 Å². The molecule has 1 aliphatic rings. The van der Waals surface area contributed by atoms with Gasteiger partial charge in [0, 0.05) is 33.4 Å². The van der Waals surface area contributed by atoms with E-state index in [0.717, 1.165) is 79.6 Å². The van der Waals surface area contributed by atoms with Crippen LogP contribution in [-0.4, -0.2) is 29.9 Å². The molecular weight excluding hydrogens is 805 g/mol. The fourth-order valence-corrected chi connectivity index (χ4v) is 8.42. The van der Waals surface area contributed by atoms with Crippen LogP contribution in [0.3, 0.4) is 0 Å². The van der Waals surface area contributed by atoms with Crippen LogP contribution in [0.5, 0.6) is 0 Å². The third-order valence-electron chi connectivity index (χ3n) is 11.8. The first-order chi connectivity index (χ1) is 32.7. The molecule has 0 unspecified atom stereocenters. The van der Waals surface area contributed by atoms with Crippen LogP contribution >= 0.6 is 0 Å². The number of benzene rings is 8. The van der Waals surface area contributed by atoms with Crippen molar-refractivity contribution >= 4 is 5.57 Å². The standard InChI is InChI=1S/C60H42N6/c1-5-18-41(19-6-1)45-26-14-32-51(37-45)58-64-59(52-33-15-27-46(38-52)42-20-7-2-8-21-42)66-60(65-58)54-35-17-31-50(40-54)48-29-13-28-47(36-48)49-30-16-34-53(39-49)57-62-55(43-22-9-3-10-23-43)61-56(63-57)44-24-11-4-12-25-44/h1-7,9-20,22-40H,8,21H2. The predicted molar refractivity (Wildman–Crippen MR) is 268 cm³/mol. The zero-order valence-corrected chi connectivity index (χ0v) is 36.0. The van der Waals surface area contributed by atoms with Gasteiger partial charge in [0.25, 0.3) is 0 Å². The average molecular weight is 847 g/mol. The molecule has 2 aromatic heterocycles. The van der Waals surface area contributed by atoms with Crippen LogP contribution in [0.25, 0.3) is 107 Å². The normalized spacial score (nSPS) is 12.2. The second kappa shape index (κ2) is 18.2. The molecule has 0 spiro atoms. The van der Waals surface area contributed by atoms with Gasteiger partial charge in [-0.15, -0.1) is 0 Å². The number of aromatic nitrogens is 6. The minimum atomic E-state index is 0.609. The molecule has 0 aliphatic heterocycles. The van der Waals surface area contributed by atoms with Crippen LogP contribution in [0.15, 0.2) is 231 Å². The first-order valence-corrected chi connectivity index (χ1v) is 22.2. The summed E-state index contributed by atoms with van der Waals surface area (Å²) in [5, 5.41) is 0. The lowest BCUT2D eigenvalue weighted by molar-refractivity contribution is 1.05. The molecule has 8 aromatic carbocycles. The Morgan fingerprint density at radius 1 is 0.242 bits per heavy atom. The first kappa shape index (κ1) is 40.1. The van der Waals surface area contributed by atoms with Gasteiger partial charge in [0.2, 0.25) is 0 Å². The summed E-state index contributed by atoms with van der Waals surface area (Å²) in [5.41, 5.74) is 14.5. The monoisotopic (exact) mass is 846 g/mol. The maximum atomic E-state index is 5.18. The molecule has 0 atom stereocenters. The van der Waals surface area contributed by atoms with Gasteiger partial charge in [0.1, 0.15) is 0 Å². The van der Waals surface area contributed by atoms with Crippen molar-refractivity contribution in [1.29, 1.82) is 0 Å². The molecule has 0 fully saturated rings. The van der Waals surface area contributed by atoms with E-state index in [2.05, 4.69) is 164 Å². The molecular formula is C60H42N6. The Morgan fingerprint density at radius 2 is 0.515 bits per heavy atom. The first-order valence-electron chi connectivity index (χ1n) is 22.2. The lowest BCUT2D eigenvalue weighted by Crippen LogP contribution is -2.01. The molecule has 0 saturated heterocycles. The molecule has 0 saturated carbocycles. The van der Waals surface area contributed by atoms with E-state index in [9.17, 15) is 0 Å². The van der Waals surface area contributed by atoms with Crippen molar-refractivity contribution in [3.8, 4) is 102 Å². The Hall–Kier alpha value is -8.74. The Balaban J connectivity index is 0.962. The van der Waals surface area contributed by atoms with Crippen molar-refractivity contribution in [2.75, 3.05) is 0 Å². The lowest BCUT2D eigenvalue weighted by atomic mass is 9.96. The van der Waals surface area contributed by atoms with Crippen molar-refractivity contribution in [2.24, 2.45) is 0 Å². The second-order valence-electron chi connectivity index (χ2n) is 16.3. The second-order valence-corrected chi connectivity index (χ2v) is 16.3. The highest BCUT2D eigenvalue weighted by Crippen LogP contribution is 2.34. The average Bonchev–Trinajstić information content (AvgIpc) is 3.42. The van der Waals surface area contributed by atoms with Crippen LogP contribution in [0.1, 0.15) is 18.4 Å². The molecule has 66 heavy (non-hydrogen) atoms. The molecule has 6 nitrogen and oxygen atoms in total. The lowest BCUT2D eigenvalue weighted by Gasteiger charge is -2.13. The van der Waals surface area contributed by atoms with E-state index in [-0.39, 0.29) is 0 Å². The summed E-state index contributed by atoms with van der Waals surface area (Å²) in [6.07, 6.45) is 8.60. The van der Waals surface area contributed by atoms with E-state index >= 15 is 0 Å². The summed E-state index contributed by atoms with van der Waals surface area (Å²) in [6, 6.07) is 73.1. The van der Waals surface area contributed by atoms with E-state index in [1.165, 1.54) is 11.1 Å². The highest BCUT2D eigenvalue weighted by atomic mass is 15.0. The topological polar surface area (TPSA) is 77.3 Å². The van der Waals surface area contributed by atoms with Crippen LogP contribution in [-0.2, 0) is 0 Å². The Morgan fingerprint density at radius 3 is 0.879 bits per heavy atom. The van der Waals surface area contributed by atoms with Crippen LogP contribution < -0.4 is 0 Å². The third kappa shape index (κ3) is 8.64. The number of nitrogens with zero attached hydrogens (tertiary/aromatic N) is 6.